The van der Waals surface area contributed by atoms with Gasteiger partial charge >= 0.3 is 5.97 Å². The van der Waals surface area contributed by atoms with Crippen molar-refractivity contribution in [1.82, 2.24) is 54.4 Å². The maximum atomic E-state index is 14.0. The predicted molar refractivity (Wildman–Crippen MR) is 220 cm³/mol. The summed E-state index contributed by atoms with van der Waals surface area (Å²) in [4.78, 5) is 96.9. The number of ether oxygens (including phenoxy) is 4. The third kappa shape index (κ3) is 8.22. The van der Waals surface area contributed by atoms with E-state index in [1.165, 1.54) is 77.2 Å². The van der Waals surface area contributed by atoms with E-state index in [4.69, 9.17) is 48.2 Å². The van der Waals surface area contributed by atoms with Crippen LogP contribution in [0.4, 0.5) is 0 Å². The Morgan fingerprint density at radius 3 is 1.92 bits per heavy atom. The highest BCUT2D eigenvalue weighted by Crippen LogP contribution is 2.25. The molecule has 2 aromatic carbocycles. The lowest BCUT2D eigenvalue weighted by Gasteiger charge is -2.16. The van der Waals surface area contributed by atoms with Gasteiger partial charge in [0.25, 0.3) is 34.7 Å². The van der Waals surface area contributed by atoms with Gasteiger partial charge < -0.3 is 39.4 Å². The number of pyridine rings is 1. The molecule has 0 unspecified atom stereocenters. The Morgan fingerprint density at radius 2 is 1.30 bits per heavy atom. The van der Waals surface area contributed by atoms with Gasteiger partial charge in [0.2, 0.25) is 16.7 Å². The smallest absolute Gasteiger partial charge is 0.351 e. The molecule has 7 aromatic rings. The molecule has 21 nitrogen and oxygen atoms in total. The fraction of sp³-hybridized carbons (Fsp3) is 0.158. The van der Waals surface area contributed by atoms with Gasteiger partial charge in [-0.3, -0.25) is 24.2 Å². The number of methoxy groups -OCH3 is 4. The Labute approximate surface area is 352 Å². The fourth-order valence-corrected chi connectivity index (χ4v) is 6.46. The van der Waals surface area contributed by atoms with Crippen molar-refractivity contribution in [3.8, 4) is 35.2 Å². The van der Waals surface area contributed by atoms with Crippen molar-refractivity contribution < 1.29 is 38.2 Å². The van der Waals surface area contributed by atoms with E-state index in [1.807, 2.05) is 0 Å². The van der Waals surface area contributed by atoms with Gasteiger partial charge in [0.15, 0.2) is 16.3 Å². The summed E-state index contributed by atoms with van der Waals surface area (Å²) in [5, 5.41) is 5.35. The van der Waals surface area contributed by atoms with Crippen LogP contribution in [0.25, 0.3) is 33.7 Å². The van der Waals surface area contributed by atoms with Crippen molar-refractivity contribution in [3.63, 3.8) is 0 Å². The lowest BCUT2D eigenvalue weighted by atomic mass is 10.1. The molecular formula is C38H31N11O10S2. The van der Waals surface area contributed by atoms with Crippen molar-refractivity contribution >= 4 is 64.0 Å². The second-order valence-corrected chi connectivity index (χ2v) is 13.2. The lowest BCUT2D eigenvalue weighted by Crippen LogP contribution is -2.37. The molecule has 310 valence electrons. The number of rotatable bonds is 13. The topological polar surface area (TPSA) is 251 Å². The van der Waals surface area contributed by atoms with Gasteiger partial charge in [0.05, 0.1) is 62.6 Å². The highest BCUT2D eigenvalue weighted by atomic mass is 32.1. The van der Waals surface area contributed by atoms with Gasteiger partial charge in [-0.2, -0.15) is 9.97 Å². The first-order valence-electron chi connectivity index (χ1n) is 17.6. The fourth-order valence-electron chi connectivity index (χ4n) is 5.88. The van der Waals surface area contributed by atoms with Gasteiger partial charge in [0.1, 0.15) is 6.54 Å². The van der Waals surface area contributed by atoms with E-state index in [2.05, 4.69) is 40.5 Å². The molecule has 0 radical (unpaired) electrons. The van der Waals surface area contributed by atoms with Crippen molar-refractivity contribution in [2.24, 2.45) is 0 Å². The van der Waals surface area contributed by atoms with Crippen LogP contribution in [0.5, 0.6) is 23.3 Å². The Bertz CT molecular complexity index is 3130. The summed E-state index contributed by atoms with van der Waals surface area (Å²) in [5.74, 6) is -2.12. The Balaban J connectivity index is 1.18. The molecule has 7 rings (SSSR count). The van der Waals surface area contributed by atoms with Crippen LogP contribution in [0.3, 0.4) is 0 Å². The zero-order chi connectivity index (χ0) is 43.4. The molecule has 5 aromatic heterocycles. The van der Waals surface area contributed by atoms with Crippen molar-refractivity contribution in [3.05, 3.63) is 120 Å². The summed E-state index contributed by atoms with van der Waals surface area (Å²) in [7, 11) is 5.50. The zero-order valence-electron chi connectivity index (χ0n) is 32.3. The van der Waals surface area contributed by atoms with Crippen LogP contribution >= 0.6 is 24.4 Å². The van der Waals surface area contributed by atoms with E-state index in [1.54, 1.807) is 24.5 Å². The van der Waals surface area contributed by atoms with Crippen LogP contribution < -0.4 is 45.5 Å². The summed E-state index contributed by atoms with van der Waals surface area (Å²) >= 11 is 11.1. The lowest BCUT2D eigenvalue weighted by molar-refractivity contribution is -0.142. The zero-order valence-corrected chi connectivity index (χ0v) is 34.0. The molecule has 61 heavy (non-hydrogen) atoms. The van der Waals surface area contributed by atoms with E-state index in [-0.39, 0.29) is 79.4 Å². The first-order valence-corrected chi connectivity index (χ1v) is 18.5. The maximum absolute atomic E-state index is 14.0. The van der Waals surface area contributed by atoms with Crippen LogP contribution in [-0.2, 0) is 11.3 Å². The van der Waals surface area contributed by atoms with Crippen LogP contribution in [0, 0.1) is 9.54 Å². The van der Waals surface area contributed by atoms with Gasteiger partial charge in [-0.25, -0.2) is 23.9 Å². The minimum Gasteiger partial charge on any atom is -0.490 e. The molecule has 0 aliphatic heterocycles. The molecule has 0 fully saturated rings. The molecule has 3 N–H and O–H groups in total. The Morgan fingerprint density at radius 1 is 0.721 bits per heavy atom. The Hall–Kier alpha value is -7.92. The van der Waals surface area contributed by atoms with Gasteiger partial charge in [-0.15, -0.1) is 4.73 Å². The summed E-state index contributed by atoms with van der Waals surface area (Å²) in [5.41, 5.74) is -0.204. The standard InChI is InChI=1S/C38H31N11O10S2/c1-55-26-16-42-35(45-31(26)57-3)47-33(53)22-7-5-20(13-24(22)44-37(47)60)29(51)41-18-28(50)59-49-25-14-21(30(52)40-15-19-9-11-39-12-10-19)6-8-23(25)34(54)48(38(49)61)36-43-17-27(56-2)32(46-36)58-4/h5-14,16-17H,15,18H2,1-4H3,(H,40,52)(H,41,51)(H,44,60). The highest BCUT2D eigenvalue weighted by molar-refractivity contribution is 7.71. The molecule has 0 bridgehead atoms. The van der Waals surface area contributed by atoms with Crippen molar-refractivity contribution in [2.45, 2.75) is 6.54 Å². The van der Waals surface area contributed by atoms with E-state index in [0.29, 0.717) is 0 Å². The first kappa shape index (κ1) is 41.2. The number of nitrogens with zero attached hydrogens (tertiary/aromatic N) is 8. The summed E-state index contributed by atoms with van der Waals surface area (Å²) < 4.78 is 23.2. The Kier molecular flexibility index (Phi) is 11.8. The molecule has 0 atom stereocenters. The monoisotopic (exact) mass is 865 g/mol. The number of aromatic amines is 1. The number of aromatic nitrogens is 9. The maximum Gasteiger partial charge on any atom is 0.351 e. The van der Waals surface area contributed by atoms with Gasteiger partial charge in [-0.1, -0.05) is 0 Å². The molecule has 0 spiro atoms. The molecule has 0 saturated carbocycles. The van der Waals surface area contributed by atoms with Crippen LogP contribution in [0.2, 0.25) is 0 Å². The normalized spacial score (nSPS) is 10.9. The van der Waals surface area contributed by atoms with Crippen LogP contribution in [-0.4, -0.2) is 96.5 Å². The first-order chi connectivity index (χ1) is 29.5. The summed E-state index contributed by atoms with van der Waals surface area (Å²) in [6.45, 7) is -0.527. The number of amides is 2. The van der Waals surface area contributed by atoms with Gasteiger partial charge in [0, 0.05) is 30.1 Å². The van der Waals surface area contributed by atoms with Crippen LogP contribution in [0.1, 0.15) is 26.3 Å². The number of H-pyrrole nitrogens is 1. The minimum absolute atomic E-state index is 0.0193. The molecule has 2 amide bonds. The summed E-state index contributed by atoms with van der Waals surface area (Å²) in [6.07, 6.45) is 5.76. The molecule has 0 saturated heterocycles. The number of hydrogen-bond donors (Lipinski definition) is 3. The number of nitrogens with one attached hydrogen (secondary N) is 3. The average Bonchev–Trinajstić information content (AvgIpc) is 3.28. The third-order valence-electron chi connectivity index (χ3n) is 8.87. The molecule has 5 heterocycles. The number of fused-ring (bicyclic) bond motifs is 2. The minimum atomic E-state index is -1.03. The van der Waals surface area contributed by atoms with Crippen molar-refractivity contribution in [1.29, 1.82) is 0 Å². The largest absolute Gasteiger partial charge is 0.490 e. The van der Waals surface area contributed by atoms with E-state index >= 15 is 0 Å². The quantitative estimate of drug-likeness (QED) is 0.141. The number of carbonyl (C=O) groups is 3. The number of carbonyl (C=O) groups excluding carboxylic acids is 3. The van der Waals surface area contributed by atoms with E-state index in [0.717, 1.165) is 19.4 Å². The molecule has 23 heteroatoms. The number of benzene rings is 2. The predicted octanol–water partition coefficient (Wildman–Crippen LogP) is 2.21. The molecular weight excluding hydrogens is 835 g/mol. The van der Waals surface area contributed by atoms with E-state index in [9.17, 15) is 24.0 Å². The molecule has 0 aliphatic rings. The van der Waals surface area contributed by atoms with E-state index < -0.39 is 40.2 Å². The summed E-state index contributed by atoms with van der Waals surface area (Å²) in [6, 6.07) is 11.7. The molecule has 0 aliphatic carbocycles. The SMILES string of the molecule is COc1cnc(-n2c(=S)[nH]c3cc(C(=O)NCC(=O)On4c(=S)n(-c5ncc(OC)c(OC)n5)c(=O)c5ccc(C(=O)NCc6ccncc6)cc54)ccc3c2=O)nc1OC. The van der Waals surface area contributed by atoms with Crippen LogP contribution in [0.15, 0.2) is 82.9 Å². The second kappa shape index (κ2) is 17.5. The van der Waals surface area contributed by atoms with Crippen molar-refractivity contribution in [2.75, 3.05) is 35.0 Å². The third-order valence-corrected chi connectivity index (χ3v) is 9.50. The second-order valence-electron chi connectivity index (χ2n) is 12.5. The average molecular weight is 866 g/mol. The van der Waals surface area contributed by atoms with Gasteiger partial charge in [-0.05, 0) is 78.5 Å². The highest BCUT2D eigenvalue weighted by Gasteiger charge is 2.22. The number of hydrogen-bond acceptors (Lipinski definition) is 17.